The largest absolute Gasteiger partial charge is 0.122 e. The van der Waals surface area contributed by atoms with Crippen molar-refractivity contribution in [2.45, 2.75) is 50.8 Å². The topological polar surface area (TPSA) is 0 Å². The summed E-state index contributed by atoms with van der Waals surface area (Å²) in [5.41, 5.74) is 2.73. The summed E-state index contributed by atoms with van der Waals surface area (Å²) in [5.74, 6) is 0.746. The molecule has 1 aliphatic rings. The fraction of sp³-hybridized carbons (Fsp3) is 0.600. The van der Waals surface area contributed by atoms with Crippen molar-refractivity contribution in [1.82, 2.24) is 0 Å². The smallest absolute Gasteiger partial charge is 0.0404 e. The van der Waals surface area contributed by atoms with Crippen molar-refractivity contribution >= 4 is 11.6 Å². The van der Waals surface area contributed by atoms with Crippen LogP contribution in [0.4, 0.5) is 0 Å². The van der Waals surface area contributed by atoms with Gasteiger partial charge in [0.05, 0.1) is 0 Å². The number of halogens is 1. The number of alkyl halides is 1. The second-order valence-electron chi connectivity index (χ2n) is 5.11. The maximum absolute atomic E-state index is 6.55. The minimum absolute atomic E-state index is 0.335. The van der Waals surface area contributed by atoms with Gasteiger partial charge >= 0.3 is 0 Å². The predicted molar refractivity (Wildman–Crippen MR) is 71.1 cm³/mol. The lowest BCUT2D eigenvalue weighted by atomic mass is 9.85. The summed E-state index contributed by atoms with van der Waals surface area (Å²) in [6, 6.07) is 8.74. The molecule has 16 heavy (non-hydrogen) atoms. The number of hydrogen-bond acceptors (Lipinski definition) is 0. The third kappa shape index (κ3) is 3.25. The average molecular weight is 237 g/mol. The summed E-state index contributed by atoms with van der Waals surface area (Å²) in [7, 11) is 0. The van der Waals surface area contributed by atoms with Crippen molar-refractivity contribution in [2.24, 2.45) is 5.92 Å². The molecule has 0 saturated heterocycles. The Morgan fingerprint density at radius 3 is 2.69 bits per heavy atom. The van der Waals surface area contributed by atoms with Gasteiger partial charge in [0.1, 0.15) is 0 Å². The van der Waals surface area contributed by atoms with E-state index in [1.54, 1.807) is 0 Å². The van der Waals surface area contributed by atoms with E-state index in [1.165, 1.54) is 43.2 Å². The van der Waals surface area contributed by atoms with Crippen molar-refractivity contribution in [3.05, 3.63) is 35.4 Å². The molecule has 88 valence electrons. The predicted octanol–water partition coefficient (Wildman–Crippen LogP) is 4.73. The summed E-state index contributed by atoms with van der Waals surface area (Å²) in [5, 5.41) is 0.335. The molecule has 1 saturated carbocycles. The van der Waals surface area contributed by atoms with Crippen molar-refractivity contribution in [1.29, 1.82) is 0 Å². The Morgan fingerprint density at radius 2 is 2.00 bits per heavy atom. The molecule has 1 fully saturated rings. The molecule has 0 nitrogen and oxygen atoms in total. The van der Waals surface area contributed by atoms with Gasteiger partial charge in [0.15, 0.2) is 0 Å². The monoisotopic (exact) mass is 236 g/mol. The summed E-state index contributed by atoms with van der Waals surface area (Å²) in [6.45, 7) is 2.15. The molecule has 1 aromatic rings. The van der Waals surface area contributed by atoms with E-state index >= 15 is 0 Å². The normalized spacial score (nSPS) is 19.6. The minimum Gasteiger partial charge on any atom is -0.122 e. The van der Waals surface area contributed by atoms with Crippen molar-refractivity contribution in [3.63, 3.8) is 0 Å². The van der Waals surface area contributed by atoms with Gasteiger partial charge in [-0.15, -0.1) is 11.6 Å². The third-order valence-electron chi connectivity index (χ3n) is 3.67. The Labute approximate surface area is 104 Å². The van der Waals surface area contributed by atoms with Crippen LogP contribution in [0.5, 0.6) is 0 Å². The van der Waals surface area contributed by atoms with Crippen LogP contribution < -0.4 is 0 Å². The molecular weight excluding hydrogens is 216 g/mol. The van der Waals surface area contributed by atoms with Crippen LogP contribution in [0.15, 0.2) is 24.3 Å². The number of hydrogen-bond donors (Lipinski definition) is 0. The molecule has 0 spiro atoms. The van der Waals surface area contributed by atoms with E-state index in [4.69, 9.17) is 11.6 Å². The molecule has 2 rings (SSSR count). The fourth-order valence-electron chi connectivity index (χ4n) is 2.73. The van der Waals surface area contributed by atoms with Crippen LogP contribution in [-0.4, -0.2) is 5.38 Å². The van der Waals surface area contributed by atoms with Gasteiger partial charge in [-0.3, -0.25) is 0 Å². The van der Waals surface area contributed by atoms with Crippen molar-refractivity contribution in [3.8, 4) is 0 Å². The average Bonchev–Trinajstić information content (AvgIpc) is 2.30. The molecule has 1 unspecified atom stereocenters. The molecule has 0 aromatic heterocycles. The molecular formula is C15H21Cl. The van der Waals surface area contributed by atoms with Crippen LogP contribution in [-0.2, 0) is 6.42 Å². The molecule has 1 aliphatic carbocycles. The first-order valence-electron chi connectivity index (χ1n) is 6.45. The highest BCUT2D eigenvalue weighted by molar-refractivity contribution is 6.20. The summed E-state index contributed by atoms with van der Waals surface area (Å²) in [4.78, 5) is 0. The quantitative estimate of drug-likeness (QED) is 0.666. The molecule has 0 radical (unpaired) electrons. The molecule has 1 heteroatoms. The first-order chi connectivity index (χ1) is 7.75. The van der Waals surface area contributed by atoms with Crippen LogP contribution in [0.25, 0.3) is 0 Å². The van der Waals surface area contributed by atoms with Gasteiger partial charge in [0.25, 0.3) is 0 Å². The first kappa shape index (κ1) is 12.0. The van der Waals surface area contributed by atoms with Crippen molar-refractivity contribution in [2.75, 3.05) is 0 Å². The van der Waals surface area contributed by atoms with Gasteiger partial charge < -0.3 is 0 Å². The highest BCUT2D eigenvalue weighted by Crippen LogP contribution is 2.30. The maximum Gasteiger partial charge on any atom is 0.0404 e. The first-order valence-corrected chi connectivity index (χ1v) is 6.89. The zero-order valence-corrected chi connectivity index (χ0v) is 10.8. The van der Waals surface area contributed by atoms with Crippen LogP contribution >= 0.6 is 11.6 Å². The second-order valence-corrected chi connectivity index (χ2v) is 5.67. The van der Waals surface area contributed by atoms with Crippen LogP contribution in [0, 0.1) is 12.8 Å². The lowest BCUT2D eigenvalue weighted by Crippen LogP contribution is -2.20. The lowest BCUT2D eigenvalue weighted by molar-refractivity contribution is 0.344. The van der Waals surface area contributed by atoms with Gasteiger partial charge in [0.2, 0.25) is 0 Å². The van der Waals surface area contributed by atoms with Crippen LogP contribution in [0.2, 0.25) is 0 Å². The highest BCUT2D eigenvalue weighted by Gasteiger charge is 2.21. The van der Waals surface area contributed by atoms with Crippen molar-refractivity contribution < 1.29 is 0 Å². The molecule has 1 atom stereocenters. The number of rotatable bonds is 3. The lowest BCUT2D eigenvalue weighted by Gasteiger charge is -2.26. The molecule has 0 heterocycles. The summed E-state index contributed by atoms with van der Waals surface area (Å²) >= 11 is 6.55. The standard InChI is InChI=1S/C15H21Cl/c1-12-6-5-7-13(10-12)11-15(16)14-8-3-2-4-9-14/h5-7,10,14-15H,2-4,8-9,11H2,1H3. The highest BCUT2D eigenvalue weighted by atomic mass is 35.5. The molecule has 1 aromatic carbocycles. The van der Waals surface area contributed by atoms with E-state index in [0.29, 0.717) is 5.38 Å². The van der Waals surface area contributed by atoms with E-state index in [-0.39, 0.29) is 0 Å². The van der Waals surface area contributed by atoms with Gasteiger partial charge in [-0.25, -0.2) is 0 Å². The Bertz CT molecular complexity index is 326. The van der Waals surface area contributed by atoms with E-state index in [1.807, 2.05) is 0 Å². The van der Waals surface area contributed by atoms with E-state index in [2.05, 4.69) is 31.2 Å². The molecule has 0 bridgehead atoms. The Hall–Kier alpha value is -0.490. The zero-order valence-electron chi connectivity index (χ0n) is 10.1. The minimum atomic E-state index is 0.335. The Balaban J connectivity index is 1.93. The van der Waals surface area contributed by atoms with Crippen LogP contribution in [0.1, 0.15) is 43.2 Å². The SMILES string of the molecule is Cc1cccc(CC(Cl)C2CCCCC2)c1. The Morgan fingerprint density at radius 1 is 1.25 bits per heavy atom. The Kier molecular flexibility index (Phi) is 4.29. The van der Waals surface area contributed by atoms with Gasteiger partial charge in [-0.1, -0.05) is 49.1 Å². The number of aryl methyl sites for hydroxylation is 1. The summed E-state index contributed by atoms with van der Waals surface area (Å²) < 4.78 is 0. The van der Waals surface area contributed by atoms with Gasteiger partial charge in [-0.2, -0.15) is 0 Å². The number of benzene rings is 1. The van der Waals surface area contributed by atoms with Gasteiger partial charge in [-0.05, 0) is 37.7 Å². The molecule has 0 aliphatic heterocycles. The fourth-order valence-corrected chi connectivity index (χ4v) is 3.16. The van der Waals surface area contributed by atoms with Gasteiger partial charge in [0, 0.05) is 5.38 Å². The zero-order chi connectivity index (χ0) is 11.4. The summed E-state index contributed by atoms with van der Waals surface area (Å²) in [6.07, 6.45) is 7.86. The van der Waals surface area contributed by atoms with E-state index in [9.17, 15) is 0 Å². The molecule has 0 amide bonds. The molecule has 0 N–H and O–H groups in total. The third-order valence-corrected chi connectivity index (χ3v) is 4.19. The maximum atomic E-state index is 6.55. The van der Waals surface area contributed by atoms with E-state index < -0.39 is 0 Å². The van der Waals surface area contributed by atoms with Crippen LogP contribution in [0.3, 0.4) is 0 Å². The second kappa shape index (κ2) is 5.72. The van der Waals surface area contributed by atoms with E-state index in [0.717, 1.165) is 12.3 Å².